The van der Waals surface area contributed by atoms with Crippen molar-refractivity contribution in [3.05, 3.63) is 122 Å². The molecule has 6 heteroatoms. The average molecular weight is 927 g/mol. The summed E-state index contributed by atoms with van der Waals surface area (Å²) in [5.41, 5.74) is 0. The van der Waals surface area contributed by atoms with Gasteiger partial charge in [0.2, 0.25) is 0 Å². The topological polar surface area (TPSA) is 78.9 Å². The van der Waals surface area contributed by atoms with Crippen molar-refractivity contribution >= 4 is 17.9 Å². The number of carbonyl (C=O) groups excluding carboxylic acids is 3. The van der Waals surface area contributed by atoms with Crippen LogP contribution in [-0.2, 0) is 28.6 Å². The van der Waals surface area contributed by atoms with Crippen LogP contribution in [0.2, 0.25) is 0 Å². The van der Waals surface area contributed by atoms with Gasteiger partial charge in [-0.2, -0.15) is 0 Å². The third-order valence-corrected chi connectivity index (χ3v) is 10.9. The molecule has 0 aromatic rings. The van der Waals surface area contributed by atoms with Crippen LogP contribution in [0, 0.1) is 0 Å². The number of unbranched alkanes of at least 4 members (excludes halogenated alkanes) is 16. The van der Waals surface area contributed by atoms with Crippen LogP contribution in [0.1, 0.15) is 226 Å². The summed E-state index contributed by atoms with van der Waals surface area (Å²) in [6.07, 6.45) is 74.8. The van der Waals surface area contributed by atoms with Crippen molar-refractivity contribution in [2.75, 3.05) is 13.2 Å². The molecule has 67 heavy (non-hydrogen) atoms. The van der Waals surface area contributed by atoms with E-state index in [0.717, 1.165) is 116 Å². The Bertz CT molecular complexity index is 1440. The quantitative estimate of drug-likeness (QED) is 0.0262. The summed E-state index contributed by atoms with van der Waals surface area (Å²) >= 11 is 0. The Morgan fingerprint density at radius 3 is 1.00 bits per heavy atom. The molecule has 0 fully saturated rings. The molecule has 0 saturated carbocycles. The molecule has 0 saturated heterocycles. The molecule has 0 aliphatic carbocycles. The van der Waals surface area contributed by atoms with Crippen LogP contribution in [0.5, 0.6) is 0 Å². The van der Waals surface area contributed by atoms with Gasteiger partial charge in [-0.3, -0.25) is 14.4 Å². The minimum atomic E-state index is -0.821. The van der Waals surface area contributed by atoms with Crippen molar-refractivity contribution in [1.82, 2.24) is 0 Å². The van der Waals surface area contributed by atoms with Gasteiger partial charge < -0.3 is 14.2 Å². The predicted molar refractivity (Wildman–Crippen MR) is 288 cm³/mol. The first-order valence-electron chi connectivity index (χ1n) is 27.0. The van der Waals surface area contributed by atoms with Crippen LogP contribution < -0.4 is 0 Å². The van der Waals surface area contributed by atoms with E-state index in [9.17, 15) is 14.4 Å². The van der Waals surface area contributed by atoms with Gasteiger partial charge >= 0.3 is 17.9 Å². The number of allylic oxidation sites excluding steroid dienone is 20. The summed E-state index contributed by atoms with van der Waals surface area (Å²) in [6.45, 7) is 6.29. The fourth-order valence-electron chi connectivity index (χ4n) is 6.95. The largest absolute Gasteiger partial charge is 0.462 e. The Hall–Kier alpha value is -4.19. The smallest absolute Gasteiger partial charge is 0.306 e. The van der Waals surface area contributed by atoms with Crippen molar-refractivity contribution in [2.24, 2.45) is 0 Å². The number of rotatable bonds is 47. The molecule has 0 spiro atoms. The lowest BCUT2D eigenvalue weighted by molar-refractivity contribution is -0.166. The number of ether oxygens (including phenoxy) is 3. The first-order chi connectivity index (χ1) is 33.0. The zero-order chi connectivity index (χ0) is 48.6. The Morgan fingerprint density at radius 2 is 0.612 bits per heavy atom. The van der Waals surface area contributed by atoms with Crippen LogP contribution in [0.25, 0.3) is 0 Å². The summed E-state index contributed by atoms with van der Waals surface area (Å²) in [7, 11) is 0. The number of carbonyl (C=O) groups is 3. The third-order valence-electron chi connectivity index (χ3n) is 10.9. The van der Waals surface area contributed by atoms with Crippen LogP contribution in [0.3, 0.4) is 0 Å². The molecule has 0 bridgehead atoms. The molecule has 0 heterocycles. The maximum atomic E-state index is 12.8. The van der Waals surface area contributed by atoms with Crippen LogP contribution in [0.4, 0.5) is 0 Å². The lowest BCUT2D eigenvalue weighted by atomic mass is 10.1. The molecule has 0 aromatic carbocycles. The lowest BCUT2D eigenvalue weighted by Gasteiger charge is -2.18. The van der Waals surface area contributed by atoms with E-state index in [1.807, 2.05) is 12.2 Å². The van der Waals surface area contributed by atoms with E-state index in [0.29, 0.717) is 19.3 Å². The fraction of sp³-hybridized carbons (Fsp3) is 0.623. The van der Waals surface area contributed by atoms with Gasteiger partial charge in [0, 0.05) is 19.3 Å². The van der Waals surface area contributed by atoms with E-state index in [1.165, 1.54) is 64.2 Å². The fourth-order valence-corrected chi connectivity index (χ4v) is 6.95. The second-order valence-electron chi connectivity index (χ2n) is 17.4. The molecule has 6 nitrogen and oxygen atoms in total. The van der Waals surface area contributed by atoms with Gasteiger partial charge in [0.05, 0.1) is 0 Å². The van der Waals surface area contributed by atoms with Gasteiger partial charge in [0.25, 0.3) is 0 Å². The highest BCUT2D eigenvalue weighted by Gasteiger charge is 2.19. The maximum absolute atomic E-state index is 12.8. The molecule has 378 valence electrons. The first-order valence-corrected chi connectivity index (χ1v) is 27.0. The molecule has 0 aromatic heterocycles. The molecule has 1 atom stereocenters. The summed E-state index contributed by atoms with van der Waals surface area (Å²) in [5.74, 6) is -1.02. The van der Waals surface area contributed by atoms with Crippen LogP contribution >= 0.6 is 0 Å². The maximum Gasteiger partial charge on any atom is 0.306 e. The highest BCUT2D eigenvalue weighted by Crippen LogP contribution is 2.13. The molecule has 0 N–H and O–H groups in total. The van der Waals surface area contributed by atoms with E-state index in [4.69, 9.17) is 14.2 Å². The van der Waals surface area contributed by atoms with Gasteiger partial charge in [0.15, 0.2) is 6.10 Å². The standard InChI is InChI=1S/C61H98O6/c1-4-7-10-13-16-19-22-25-27-29-30-32-33-36-39-42-45-48-51-54-60(63)66-57-58(56-65-59(62)53-50-47-44-41-38-35-24-21-18-15-12-9-6-3)67-61(64)55-52-49-46-43-40-37-34-31-28-26-23-20-17-14-11-8-5-2/h7,9-10,12,16-21,25-28,30,32,35,38,44,47,58H,4-6,8,11,13-15,22-24,29,31,33-34,36-37,39-43,45-46,48-57H2,1-3H3/b10-7-,12-9-,19-16-,20-17-,21-18-,27-25-,28-26-,32-30-,38-35-,47-44-. The molecule has 0 aliphatic rings. The van der Waals surface area contributed by atoms with Crippen molar-refractivity contribution in [3.8, 4) is 0 Å². The summed E-state index contributed by atoms with van der Waals surface area (Å²) in [6, 6.07) is 0. The number of hydrogen-bond donors (Lipinski definition) is 0. The number of hydrogen-bond acceptors (Lipinski definition) is 6. The van der Waals surface area contributed by atoms with Crippen LogP contribution in [-0.4, -0.2) is 37.2 Å². The molecule has 0 radical (unpaired) electrons. The van der Waals surface area contributed by atoms with Gasteiger partial charge in [0.1, 0.15) is 13.2 Å². The molecule has 0 rings (SSSR count). The van der Waals surface area contributed by atoms with Gasteiger partial charge in [-0.1, -0.05) is 213 Å². The lowest BCUT2D eigenvalue weighted by Crippen LogP contribution is -2.30. The summed E-state index contributed by atoms with van der Waals surface area (Å²) < 4.78 is 16.7. The van der Waals surface area contributed by atoms with Crippen molar-refractivity contribution in [3.63, 3.8) is 0 Å². The first kappa shape index (κ1) is 62.8. The van der Waals surface area contributed by atoms with Crippen LogP contribution in [0.15, 0.2) is 122 Å². The van der Waals surface area contributed by atoms with Gasteiger partial charge in [-0.25, -0.2) is 0 Å². The third kappa shape index (κ3) is 52.6. The van der Waals surface area contributed by atoms with E-state index in [-0.39, 0.29) is 37.5 Å². The Morgan fingerprint density at radius 1 is 0.313 bits per heavy atom. The predicted octanol–water partition coefficient (Wildman–Crippen LogP) is 18.1. The Labute approximate surface area is 412 Å². The van der Waals surface area contributed by atoms with Crippen molar-refractivity contribution in [2.45, 2.75) is 232 Å². The van der Waals surface area contributed by atoms with E-state index < -0.39 is 6.10 Å². The minimum absolute atomic E-state index is 0.114. The molecular formula is C61H98O6. The normalized spacial score (nSPS) is 13.1. The highest BCUT2D eigenvalue weighted by molar-refractivity contribution is 5.71. The van der Waals surface area contributed by atoms with Crippen molar-refractivity contribution < 1.29 is 28.6 Å². The second-order valence-corrected chi connectivity index (χ2v) is 17.4. The summed E-state index contributed by atoms with van der Waals surface area (Å²) in [5, 5.41) is 0. The van der Waals surface area contributed by atoms with E-state index in [1.54, 1.807) is 0 Å². The van der Waals surface area contributed by atoms with Gasteiger partial charge in [-0.05, 0) is 116 Å². The Kier molecular flexibility index (Phi) is 51.0. The minimum Gasteiger partial charge on any atom is -0.462 e. The SMILES string of the molecule is CC/C=C\C/C=C\C/C=C\C/C=C\CCCCCCCCC(=O)OCC(COC(=O)CC/C=C\C/C=C\C/C=C\C/C=C\CC)OC(=O)CCCCCCCCC/C=C\C/C=C\CCCCC. The van der Waals surface area contributed by atoms with Gasteiger partial charge in [-0.15, -0.1) is 0 Å². The van der Waals surface area contributed by atoms with Crippen molar-refractivity contribution in [1.29, 1.82) is 0 Å². The Balaban J connectivity index is 4.50. The molecule has 0 aliphatic heterocycles. The summed E-state index contributed by atoms with van der Waals surface area (Å²) in [4.78, 5) is 38.0. The zero-order valence-corrected chi connectivity index (χ0v) is 43.1. The van der Waals surface area contributed by atoms with E-state index >= 15 is 0 Å². The monoisotopic (exact) mass is 927 g/mol. The molecule has 1 unspecified atom stereocenters. The number of esters is 3. The van der Waals surface area contributed by atoms with E-state index in [2.05, 4.69) is 130 Å². The molecular weight excluding hydrogens is 829 g/mol. The average Bonchev–Trinajstić information content (AvgIpc) is 3.33. The molecule has 0 amide bonds. The highest BCUT2D eigenvalue weighted by atomic mass is 16.6. The second kappa shape index (κ2) is 54.4. The zero-order valence-electron chi connectivity index (χ0n) is 43.1.